The Balaban J connectivity index is 2.19. The number of rotatable bonds is 4. The second kappa shape index (κ2) is 8.40. The molecule has 0 saturated carbocycles. The van der Waals surface area contributed by atoms with Crippen molar-refractivity contribution < 1.29 is 23.1 Å². The second-order valence-corrected chi connectivity index (χ2v) is 8.20. The Morgan fingerprint density at radius 2 is 1.94 bits per heavy atom. The van der Waals surface area contributed by atoms with Gasteiger partial charge in [-0.25, -0.2) is 18.0 Å². The number of anilines is 1. The molecule has 33 heavy (non-hydrogen) atoms. The van der Waals surface area contributed by atoms with Crippen LogP contribution < -0.4 is 15.6 Å². The van der Waals surface area contributed by atoms with Gasteiger partial charge in [0.05, 0.1) is 22.3 Å². The van der Waals surface area contributed by atoms with Crippen LogP contribution in [0.5, 0.6) is 0 Å². The van der Waals surface area contributed by atoms with E-state index in [0.29, 0.717) is 31.3 Å². The number of piperazine rings is 1. The quantitative estimate of drug-likeness (QED) is 0.621. The second-order valence-electron chi connectivity index (χ2n) is 8.20. The van der Waals surface area contributed by atoms with Gasteiger partial charge in [0.25, 0.3) is 0 Å². The van der Waals surface area contributed by atoms with E-state index in [1.807, 2.05) is 11.8 Å². The highest BCUT2D eigenvalue weighted by Gasteiger charge is 2.28. The van der Waals surface area contributed by atoms with Crippen LogP contribution in [0.1, 0.15) is 29.8 Å². The van der Waals surface area contributed by atoms with Crippen LogP contribution in [0.3, 0.4) is 0 Å². The lowest BCUT2D eigenvalue weighted by molar-refractivity contribution is 0.0695. The summed E-state index contributed by atoms with van der Waals surface area (Å²) in [4.78, 5) is 26.6. The molecule has 1 fully saturated rings. The highest BCUT2D eigenvalue weighted by atomic mass is 19.1. The minimum absolute atomic E-state index is 0.0675. The number of nitrogens with one attached hydrogen (secondary N) is 1. The number of carboxylic acids is 1. The van der Waals surface area contributed by atoms with Crippen LogP contribution in [-0.4, -0.2) is 41.3 Å². The van der Waals surface area contributed by atoms with Gasteiger partial charge in [0.2, 0.25) is 5.43 Å². The lowest BCUT2D eigenvalue weighted by atomic mass is 9.97. The highest BCUT2D eigenvalue weighted by Crippen LogP contribution is 2.37. The number of carbonyl (C=O) groups is 1. The molecule has 1 aliphatic heterocycles. The van der Waals surface area contributed by atoms with Crippen LogP contribution in [0.25, 0.3) is 22.2 Å². The molecule has 2 heterocycles. The largest absolute Gasteiger partial charge is 0.477 e. The number of carboxylic acid groups (broad SMARTS) is 1. The molecule has 2 aromatic carbocycles. The standard InChI is InChI=1S/C24H22F3N3O3/c1-12(2)20-21-15(9-18(27)22(20)29-7-6-28-13(3)10-29)23(31)16(24(32)33)11-30(21)19-5-4-14(25)8-17(19)26/h4-5,8-9,11,13,28H,1,6-7,10H2,2-3H3,(H,32,33). The first kappa shape index (κ1) is 22.6. The minimum Gasteiger partial charge on any atom is -0.477 e. The third-order valence-electron chi connectivity index (χ3n) is 5.73. The summed E-state index contributed by atoms with van der Waals surface area (Å²) in [6.45, 7) is 9.10. The van der Waals surface area contributed by atoms with Crippen LogP contribution in [0.15, 0.2) is 41.8 Å². The van der Waals surface area contributed by atoms with Crippen molar-refractivity contribution in [3.8, 4) is 5.69 Å². The zero-order valence-electron chi connectivity index (χ0n) is 18.1. The molecule has 1 unspecified atom stereocenters. The molecule has 3 aromatic rings. The number of fused-ring (bicyclic) bond motifs is 1. The Kier molecular flexibility index (Phi) is 5.75. The van der Waals surface area contributed by atoms with Crippen molar-refractivity contribution in [2.75, 3.05) is 24.5 Å². The maximum absolute atomic E-state index is 15.5. The number of aromatic carboxylic acids is 1. The van der Waals surface area contributed by atoms with Gasteiger partial charge in [0, 0.05) is 43.5 Å². The topological polar surface area (TPSA) is 74.6 Å². The van der Waals surface area contributed by atoms with Crippen molar-refractivity contribution in [3.63, 3.8) is 0 Å². The molecule has 1 saturated heterocycles. The van der Waals surface area contributed by atoms with Crippen molar-refractivity contribution in [1.82, 2.24) is 9.88 Å². The average molecular weight is 457 g/mol. The van der Waals surface area contributed by atoms with Gasteiger partial charge in [-0.15, -0.1) is 0 Å². The molecule has 6 nitrogen and oxygen atoms in total. The number of halogens is 3. The number of aromatic nitrogens is 1. The van der Waals surface area contributed by atoms with Crippen LogP contribution in [0, 0.1) is 17.5 Å². The maximum Gasteiger partial charge on any atom is 0.341 e. The van der Waals surface area contributed by atoms with Crippen LogP contribution in [-0.2, 0) is 0 Å². The van der Waals surface area contributed by atoms with Gasteiger partial charge in [0.15, 0.2) is 0 Å². The first-order chi connectivity index (χ1) is 15.6. The number of benzene rings is 2. The van der Waals surface area contributed by atoms with Crippen molar-refractivity contribution in [1.29, 1.82) is 0 Å². The minimum atomic E-state index is -1.55. The number of nitrogens with zero attached hydrogens (tertiary/aromatic N) is 2. The molecule has 1 aliphatic rings. The Morgan fingerprint density at radius 3 is 2.55 bits per heavy atom. The number of allylic oxidation sites excluding steroid dienone is 1. The van der Waals surface area contributed by atoms with Crippen molar-refractivity contribution in [2.45, 2.75) is 19.9 Å². The monoisotopic (exact) mass is 457 g/mol. The van der Waals surface area contributed by atoms with E-state index < -0.39 is 34.4 Å². The van der Waals surface area contributed by atoms with E-state index in [-0.39, 0.29) is 33.9 Å². The molecule has 0 spiro atoms. The summed E-state index contributed by atoms with van der Waals surface area (Å²) in [7, 11) is 0. The summed E-state index contributed by atoms with van der Waals surface area (Å²) in [5.41, 5.74) is -0.790. The van der Waals surface area contributed by atoms with Gasteiger partial charge < -0.3 is 19.9 Å². The van der Waals surface area contributed by atoms with E-state index in [1.54, 1.807) is 6.92 Å². The van der Waals surface area contributed by atoms with Gasteiger partial charge in [0.1, 0.15) is 23.0 Å². The fraction of sp³-hybridized carbons (Fsp3) is 0.250. The molecule has 1 atom stereocenters. The molecule has 4 rings (SSSR count). The Labute approximate surface area is 187 Å². The Morgan fingerprint density at radius 1 is 1.21 bits per heavy atom. The normalized spacial score (nSPS) is 16.3. The van der Waals surface area contributed by atoms with Crippen molar-refractivity contribution in [2.24, 2.45) is 0 Å². The summed E-state index contributed by atoms with van der Waals surface area (Å²) in [5.74, 6) is -4.04. The summed E-state index contributed by atoms with van der Waals surface area (Å²) in [6.07, 6.45) is 0.984. The third-order valence-corrected chi connectivity index (χ3v) is 5.73. The smallest absolute Gasteiger partial charge is 0.341 e. The summed E-state index contributed by atoms with van der Waals surface area (Å²) < 4.78 is 45.1. The van der Waals surface area contributed by atoms with Gasteiger partial charge in [-0.1, -0.05) is 6.58 Å². The molecular formula is C24H22F3N3O3. The van der Waals surface area contributed by atoms with E-state index in [0.717, 1.165) is 29.0 Å². The summed E-state index contributed by atoms with van der Waals surface area (Å²) >= 11 is 0. The maximum atomic E-state index is 15.5. The van der Waals surface area contributed by atoms with Gasteiger partial charge in [-0.3, -0.25) is 4.79 Å². The zero-order valence-corrected chi connectivity index (χ0v) is 18.1. The first-order valence-electron chi connectivity index (χ1n) is 10.3. The van der Waals surface area contributed by atoms with Crippen molar-refractivity contribution in [3.05, 3.63) is 75.8 Å². The number of pyridine rings is 1. The Hall–Kier alpha value is -3.59. The van der Waals surface area contributed by atoms with E-state index in [9.17, 15) is 23.5 Å². The zero-order chi connectivity index (χ0) is 24.0. The van der Waals surface area contributed by atoms with Crippen molar-refractivity contribution >= 4 is 28.1 Å². The molecule has 2 N–H and O–H groups in total. The predicted molar refractivity (Wildman–Crippen MR) is 121 cm³/mol. The molecule has 0 radical (unpaired) electrons. The predicted octanol–water partition coefficient (Wildman–Crippen LogP) is 3.94. The Bertz CT molecular complexity index is 1370. The lowest BCUT2D eigenvalue weighted by Crippen LogP contribution is -2.49. The fourth-order valence-corrected chi connectivity index (χ4v) is 4.32. The van der Waals surface area contributed by atoms with E-state index in [4.69, 9.17) is 0 Å². The molecule has 0 bridgehead atoms. The summed E-state index contributed by atoms with van der Waals surface area (Å²) in [5, 5.41) is 12.6. The molecule has 1 aromatic heterocycles. The molecule has 172 valence electrons. The van der Waals surface area contributed by atoms with Gasteiger partial charge in [-0.05, 0) is 37.6 Å². The molecular weight excluding hydrogens is 435 g/mol. The van der Waals surface area contributed by atoms with Crippen LogP contribution >= 0.6 is 0 Å². The number of hydrogen-bond donors (Lipinski definition) is 2. The lowest BCUT2D eigenvalue weighted by Gasteiger charge is -2.35. The number of hydrogen-bond acceptors (Lipinski definition) is 4. The van der Waals surface area contributed by atoms with Gasteiger partial charge >= 0.3 is 5.97 Å². The fourth-order valence-electron chi connectivity index (χ4n) is 4.32. The SMILES string of the molecule is C=C(C)c1c(N2CCNC(C)C2)c(F)cc2c(=O)c(C(=O)O)cn(-c3ccc(F)cc3F)c12. The molecule has 0 aliphatic carbocycles. The van der Waals surface area contributed by atoms with Gasteiger partial charge in [-0.2, -0.15) is 0 Å². The van der Waals surface area contributed by atoms with Crippen LogP contribution in [0.4, 0.5) is 18.9 Å². The highest BCUT2D eigenvalue weighted by molar-refractivity contribution is 6.00. The van der Waals surface area contributed by atoms with Crippen LogP contribution in [0.2, 0.25) is 0 Å². The van der Waals surface area contributed by atoms with E-state index in [1.165, 1.54) is 0 Å². The molecule has 0 amide bonds. The first-order valence-corrected chi connectivity index (χ1v) is 10.3. The average Bonchev–Trinajstić information content (AvgIpc) is 2.73. The third kappa shape index (κ3) is 3.89. The van der Waals surface area contributed by atoms with E-state index >= 15 is 4.39 Å². The summed E-state index contributed by atoms with van der Waals surface area (Å²) in [6, 6.07) is 3.86. The van der Waals surface area contributed by atoms with E-state index in [2.05, 4.69) is 11.9 Å². The molecule has 9 heteroatoms.